The molecule has 0 aliphatic heterocycles. The van der Waals surface area contributed by atoms with E-state index in [1.165, 1.54) is 6.92 Å². The van der Waals surface area contributed by atoms with Crippen LogP contribution in [0.15, 0.2) is 0 Å². The number of hydroxylamine groups is 1. The molecular formula is C8H15F2NO. The lowest BCUT2D eigenvalue weighted by molar-refractivity contribution is -0.0676. The first-order valence-electron chi connectivity index (χ1n) is 4.39. The average Bonchev–Trinajstić information content (AvgIpc) is 2.51. The first-order chi connectivity index (χ1) is 5.70. The van der Waals surface area contributed by atoms with E-state index in [2.05, 4.69) is 5.48 Å². The number of alkyl halides is 2. The Labute approximate surface area is 71.2 Å². The number of rotatable bonds is 4. The summed E-state index contributed by atoms with van der Waals surface area (Å²) in [5.74, 6) is 0. The highest BCUT2D eigenvalue weighted by Gasteiger charge is 2.19. The van der Waals surface area contributed by atoms with Crippen molar-refractivity contribution in [3.8, 4) is 0 Å². The topological polar surface area (TPSA) is 21.3 Å². The highest BCUT2D eigenvalue weighted by atomic mass is 19.3. The molecule has 1 unspecified atom stereocenters. The molecule has 0 heterocycles. The van der Waals surface area contributed by atoms with E-state index in [4.69, 9.17) is 4.84 Å². The predicted octanol–water partition coefficient (Wildman–Crippen LogP) is 2.10. The Morgan fingerprint density at radius 1 is 1.33 bits per heavy atom. The molecule has 2 nitrogen and oxygen atoms in total. The Balaban J connectivity index is 2.07. The number of nitrogens with one attached hydrogen (secondary N) is 1. The summed E-state index contributed by atoms with van der Waals surface area (Å²) in [7, 11) is 0. The third-order valence-electron chi connectivity index (χ3n) is 2.10. The lowest BCUT2D eigenvalue weighted by Gasteiger charge is -2.16. The Bertz CT molecular complexity index is 124. The molecule has 0 aromatic rings. The molecule has 0 radical (unpaired) electrons. The van der Waals surface area contributed by atoms with E-state index in [0.29, 0.717) is 0 Å². The minimum atomic E-state index is -2.36. The SMILES string of the molecule is CC(NOC1CCCC1)C(F)F. The van der Waals surface area contributed by atoms with Crippen molar-refractivity contribution in [2.24, 2.45) is 0 Å². The van der Waals surface area contributed by atoms with Gasteiger partial charge >= 0.3 is 0 Å². The number of halogens is 2. The van der Waals surface area contributed by atoms with Gasteiger partial charge in [-0.3, -0.25) is 4.84 Å². The van der Waals surface area contributed by atoms with Gasteiger partial charge in [0.1, 0.15) is 0 Å². The largest absolute Gasteiger partial charge is 0.298 e. The molecule has 12 heavy (non-hydrogen) atoms. The van der Waals surface area contributed by atoms with Crippen LogP contribution in [0.25, 0.3) is 0 Å². The van der Waals surface area contributed by atoms with Crippen LogP contribution in [0.4, 0.5) is 8.78 Å². The van der Waals surface area contributed by atoms with E-state index < -0.39 is 12.5 Å². The van der Waals surface area contributed by atoms with Crippen molar-refractivity contribution in [2.45, 2.75) is 51.2 Å². The average molecular weight is 179 g/mol. The summed E-state index contributed by atoms with van der Waals surface area (Å²) in [6.45, 7) is 1.42. The van der Waals surface area contributed by atoms with Crippen LogP contribution in [0, 0.1) is 0 Å². The van der Waals surface area contributed by atoms with Gasteiger partial charge in [-0.25, -0.2) is 8.78 Å². The van der Waals surface area contributed by atoms with Crippen molar-refractivity contribution in [3.05, 3.63) is 0 Å². The van der Waals surface area contributed by atoms with Crippen molar-refractivity contribution in [1.82, 2.24) is 5.48 Å². The zero-order valence-electron chi connectivity index (χ0n) is 7.22. The standard InChI is InChI=1S/C8H15F2NO/c1-6(8(9)10)11-12-7-4-2-3-5-7/h6-8,11H,2-5H2,1H3. The minimum Gasteiger partial charge on any atom is -0.298 e. The van der Waals surface area contributed by atoms with E-state index >= 15 is 0 Å². The Morgan fingerprint density at radius 3 is 2.42 bits per heavy atom. The van der Waals surface area contributed by atoms with Crippen LogP contribution < -0.4 is 5.48 Å². The van der Waals surface area contributed by atoms with E-state index in [1.54, 1.807) is 0 Å². The van der Waals surface area contributed by atoms with Crippen LogP contribution in [0.3, 0.4) is 0 Å². The van der Waals surface area contributed by atoms with Crippen LogP contribution in [0.5, 0.6) is 0 Å². The second-order valence-corrected chi connectivity index (χ2v) is 3.27. The zero-order valence-corrected chi connectivity index (χ0v) is 7.22. The summed E-state index contributed by atoms with van der Waals surface area (Å²) in [5.41, 5.74) is 2.37. The summed E-state index contributed by atoms with van der Waals surface area (Å²) in [6.07, 6.45) is 2.06. The summed E-state index contributed by atoms with van der Waals surface area (Å²) in [4.78, 5) is 5.10. The maximum absolute atomic E-state index is 12.0. The van der Waals surface area contributed by atoms with Gasteiger partial charge in [-0.15, -0.1) is 0 Å². The third kappa shape index (κ3) is 3.03. The third-order valence-corrected chi connectivity index (χ3v) is 2.10. The van der Waals surface area contributed by atoms with Crippen molar-refractivity contribution in [3.63, 3.8) is 0 Å². The summed E-state index contributed by atoms with van der Waals surface area (Å²) in [6, 6.07) is -0.870. The van der Waals surface area contributed by atoms with Crippen LogP contribution >= 0.6 is 0 Å². The van der Waals surface area contributed by atoms with Gasteiger partial charge in [0, 0.05) is 0 Å². The minimum absolute atomic E-state index is 0.145. The second kappa shape index (κ2) is 4.72. The summed E-state index contributed by atoms with van der Waals surface area (Å²) >= 11 is 0. The van der Waals surface area contributed by atoms with Crippen molar-refractivity contribution in [1.29, 1.82) is 0 Å². The van der Waals surface area contributed by atoms with Gasteiger partial charge < -0.3 is 0 Å². The molecule has 0 amide bonds. The highest BCUT2D eigenvalue weighted by Crippen LogP contribution is 2.20. The maximum atomic E-state index is 12.0. The van der Waals surface area contributed by atoms with Gasteiger partial charge in [0.05, 0.1) is 12.1 Å². The monoisotopic (exact) mass is 179 g/mol. The molecular weight excluding hydrogens is 164 g/mol. The van der Waals surface area contributed by atoms with Gasteiger partial charge in [-0.2, -0.15) is 5.48 Å². The van der Waals surface area contributed by atoms with Crippen LogP contribution in [-0.4, -0.2) is 18.6 Å². The van der Waals surface area contributed by atoms with Crippen molar-refractivity contribution >= 4 is 0 Å². The molecule has 1 aliphatic carbocycles. The van der Waals surface area contributed by atoms with Crippen LogP contribution in [-0.2, 0) is 4.84 Å². The molecule has 1 atom stereocenters. The lowest BCUT2D eigenvalue weighted by atomic mass is 10.3. The Morgan fingerprint density at radius 2 is 1.92 bits per heavy atom. The van der Waals surface area contributed by atoms with Crippen LogP contribution in [0.2, 0.25) is 0 Å². The molecule has 4 heteroatoms. The maximum Gasteiger partial charge on any atom is 0.255 e. The summed E-state index contributed by atoms with van der Waals surface area (Å²) < 4.78 is 23.9. The van der Waals surface area contributed by atoms with Gasteiger partial charge in [-0.1, -0.05) is 12.8 Å². The second-order valence-electron chi connectivity index (χ2n) is 3.27. The quantitative estimate of drug-likeness (QED) is 0.667. The molecule has 0 bridgehead atoms. The Hall–Kier alpha value is -0.220. The van der Waals surface area contributed by atoms with Gasteiger partial charge in [-0.05, 0) is 19.8 Å². The molecule has 1 aliphatic rings. The molecule has 0 aromatic heterocycles. The van der Waals surface area contributed by atoms with E-state index in [1.807, 2.05) is 0 Å². The summed E-state index contributed by atoms with van der Waals surface area (Å²) in [5, 5.41) is 0. The fourth-order valence-corrected chi connectivity index (χ4v) is 1.26. The number of hydrogen-bond donors (Lipinski definition) is 1. The molecule has 72 valence electrons. The van der Waals surface area contributed by atoms with Crippen molar-refractivity contribution in [2.75, 3.05) is 0 Å². The van der Waals surface area contributed by atoms with E-state index in [0.717, 1.165) is 25.7 Å². The highest BCUT2D eigenvalue weighted by molar-refractivity contribution is 4.66. The predicted molar refractivity (Wildman–Crippen MR) is 41.9 cm³/mol. The van der Waals surface area contributed by atoms with Gasteiger partial charge in [0.2, 0.25) is 0 Å². The number of hydrogen-bond acceptors (Lipinski definition) is 2. The van der Waals surface area contributed by atoms with E-state index in [-0.39, 0.29) is 6.10 Å². The van der Waals surface area contributed by atoms with Gasteiger partial charge in [0.25, 0.3) is 6.43 Å². The Kier molecular flexibility index (Phi) is 3.88. The molecule has 1 rings (SSSR count). The van der Waals surface area contributed by atoms with Crippen molar-refractivity contribution < 1.29 is 13.6 Å². The first kappa shape index (κ1) is 9.86. The van der Waals surface area contributed by atoms with Crippen LogP contribution in [0.1, 0.15) is 32.6 Å². The molecule has 1 saturated carbocycles. The lowest BCUT2D eigenvalue weighted by Crippen LogP contribution is -2.35. The molecule has 1 N–H and O–H groups in total. The first-order valence-corrected chi connectivity index (χ1v) is 4.39. The molecule has 0 saturated heterocycles. The van der Waals surface area contributed by atoms with E-state index in [9.17, 15) is 8.78 Å². The normalized spacial score (nSPS) is 22.0. The molecule has 0 spiro atoms. The molecule has 1 fully saturated rings. The zero-order chi connectivity index (χ0) is 8.97. The fraction of sp³-hybridized carbons (Fsp3) is 1.00. The fourth-order valence-electron chi connectivity index (χ4n) is 1.26. The molecule has 0 aromatic carbocycles. The smallest absolute Gasteiger partial charge is 0.255 e. The van der Waals surface area contributed by atoms with Gasteiger partial charge in [0.15, 0.2) is 0 Å².